The number of Topliss-reactive ketones (excluding diaryl/α,β-unsaturated/α-hetero) is 1. The molecule has 2 nitrogen and oxygen atoms in total. The molecule has 1 saturated carbocycles. The number of allylic oxidation sites excluding steroid dienone is 2. The topological polar surface area (TPSA) is 43.1 Å². The lowest BCUT2D eigenvalue weighted by Crippen LogP contribution is -2.11. The molecule has 2 N–H and O–H groups in total. The molecule has 0 atom stereocenters. The van der Waals surface area contributed by atoms with Gasteiger partial charge in [0.15, 0.2) is 5.78 Å². The molecule has 1 aliphatic rings. The molecule has 0 aliphatic heterocycles. The van der Waals surface area contributed by atoms with E-state index in [1.54, 1.807) is 0 Å². The van der Waals surface area contributed by atoms with Crippen molar-refractivity contribution in [3.63, 3.8) is 0 Å². The molecule has 0 heterocycles. The minimum atomic E-state index is 0.273. The molecule has 12 heavy (non-hydrogen) atoms. The highest BCUT2D eigenvalue weighted by Crippen LogP contribution is 2.19. The van der Waals surface area contributed by atoms with Crippen LogP contribution >= 0.6 is 0 Å². The average molecular weight is 167 g/mol. The van der Waals surface area contributed by atoms with Crippen LogP contribution in [0.2, 0.25) is 0 Å². The number of hydrogen-bond donors (Lipinski definition) is 1. The van der Waals surface area contributed by atoms with Crippen molar-refractivity contribution in [3.8, 4) is 0 Å². The number of nitrogens with two attached hydrogens (primary N) is 1. The van der Waals surface area contributed by atoms with Crippen LogP contribution in [0.3, 0.4) is 0 Å². The monoisotopic (exact) mass is 167 g/mol. The van der Waals surface area contributed by atoms with Crippen LogP contribution in [-0.4, -0.2) is 5.78 Å². The molecule has 0 aromatic heterocycles. The summed E-state index contributed by atoms with van der Waals surface area (Å²) in [5.41, 5.74) is 7.24. The third-order valence-electron chi connectivity index (χ3n) is 2.39. The lowest BCUT2D eigenvalue weighted by atomic mass is 9.94. The van der Waals surface area contributed by atoms with Gasteiger partial charge in [-0.2, -0.15) is 0 Å². The van der Waals surface area contributed by atoms with Crippen LogP contribution in [0.15, 0.2) is 11.3 Å². The standard InChI is InChI=1S/C10H17NO/c1-8(11)9-6-4-2-3-5-7-10(9)12/h2-7,11H2,1H3/b9-8-. The van der Waals surface area contributed by atoms with Crippen molar-refractivity contribution >= 4 is 5.78 Å². The highest BCUT2D eigenvalue weighted by Gasteiger charge is 2.13. The predicted octanol–water partition coefficient (Wildman–Crippen LogP) is 2.14. The van der Waals surface area contributed by atoms with Gasteiger partial charge in [0.25, 0.3) is 0 Å². The molecule has 0 aromatic rings. The van der Waals surface area contributed by atoms with E-state index in [4.69, 9.17) is 5.73 Å². The fourth-order valence-corrected chi connectivity index (χ4v) is 1.65. The quantitative estimate of drug-likeness (QED) is 0.562. The highest BCUT2D eigenvalue weighted by atomic mass is 16.1. The minimum absolute atomic E-state index is 0.273. The van der Waals surface area contributed by atoms with Gasteiger partial charge in [0.2, 0.25) is 0 Å². The van der Waals surface area contributed by atoms with Gasteiger partial charge in [0.05, 0.1) is 0 Å². The second-order valence-electron chi connectivity index (χ2n) is 3.50. The predicted molar refractivity (Wildman–Crippen MR) is 49.6 cm³/mol. The zero-order valence-corrected chi connectivity index (χ0v) is 7.73. The van der Waals surface area contributed by atoms with Crippen molar-refractivity contribution in [2.24, 2.45) is 5.73 Å². The first-order chi connectivity index (χ1) is 5.72. The summed E-state index contributed by atoms with van der Waals surface area (Å²) in [6.45, 7) is 1.83. The summed E-state index contributed by atoms with van der Waals surface area (Å²) in [6, 6.07) is 0. The van der Waals surface area contributed by atoms with E-state index in [1.807, 2.05) is 6.92 Å². The number of carbonyl (C=O) groups is 1. The zero-order valence-electron chi connectivity index (χ0n) is 7.73. The lowest BCUT2D eigenvalue weighted by Gasteiger charge is -2.12. The summed E-state index contributed by atoms with van der Waals surface area (Å²) in [6.07, 6.45) is 6.18. The molecule has 0 spiro atoms. The smallest absolute Gasteiger partial charge is 0.160 e. The maximum absolute atomic E-state index is 11.5. The summed E-state index contributed by atoms with van der Waals surface area (Å²) >= 11 is 0. The van der Waals surface area contributed by atoms with Gasteiger partial charge in [-0.15, -0.1) is 0 Å². The van der Waals surface area contributed by atoms with Crippen molar-refractivity contribution in [1.29, 1.82) is 0 Å². The Hall–Kier alpha value is -0.790. The molecule has 0 aromatic carbocycles. The fourth-order valence-electron chi connectivity index (χ4n) is 1.65. The van der Waals surface area contributed by atoms with Gasteiger partial charge in [-0.1, -0.05) is 12.8 Å². The zero-order chi connectivity index (χ0) is 8.97. The van der Waals surface area contributed by atoms with Gasteiger partial charge in [-0.05, 0) is 26.2 Å². The molecule has 1 rings (SSSR count). The van der Waals surface area contributed by atoms with Gasteiger partial charge >= 0.3 is 0 Å². The van der Waals surface area contributed by atoms with Crippen LogP contribution < -0.4 is 5.73 Å². The highest BCUT2D eigenvalue weighted by molar-refractivity contribution is 5.95. The molecule has 0 amide bonds. The Labute approximate surface area is 73.8 Å². The lowest BCUT2D eigenvalue weighted by molar-refractivity contribution is -0.116. The Bertz CT molecular complexity index is 202. The van der Waals surface area contributed by atoms with Crippen LogP contribution in [0.1, 0.15) is 45.4 Å². The summed E-state index contributed by atoms with van der Waals surface area (Å²) in [7, 11) is 0. The molecule has 0 unspecified atom stereocenters. The molecule has 0 saturated heterocycles. The molecule has 1 aliphatic carbocycles. The minimum Gasteiger partial charge on any atom is -0.402 e. The van der Waals surface area contributed by atoms with Crippen molar-refractivity contribution in [2.75, 3.05) is 0 Å². The summed E-state index contributed by atoms with van der Waals surface area (Å²) in [5, 5.41) is 0. The van der Waals surface area contributed by atoms with Gasteiger partial charge < -0.3 is 5.73 Å². The Balaban J connectivity index is 2.68. The van der Waals surface area contributed by atoms with Crippen LogP contribution in [0.4, 0.5) is 0 Å². The normalized spacial score (nSPS) is 24.6. The number of rotatable bonds is 0. The molecule has 0 radical (unpaired) electrons. The third kappa shape index (κ3) is 2.36. The van der Waals surface area contributed by atoms with E-state index in [-0.39, 0.29) is 5.78 Å². The van der Waals surface area contributed by atoms with E-state index < -0.39 is 0 Å². The van der Waals surface area contributed by atoms with Crippen LogP contribution in [0.5, 0.6) is 0 Å². The third-order valence-corrected chi connectivity index (χ3v) is 2.39. The molecule has 0 bridgehead atoms. The van der Waals surface area contributed by atoms with E-state index in [2.05, 4.69) is 0 Å². The molecule has 1 fully saturated rings. The van der Waals surface area contributed by atoms with Crippen molar-refractivity contribution in [3.05, 3.63) is 11.3 Å². The Morgan fingerprint density at radius 2 is 1.75 bits per heavy atom. The maximum atomic E-state index is 11.5. The van der Waals surface area contributed by atoms with Gasteiger partial charge in [0.1, 0.15) is 0 Å². The SMILES string of the molecule is C/C(N)=C1\CCCCCCC1=O. The molecule has 68 valence electrons. The molecule has 2 heteroatoms. The summed E-state index contributed by atoms with van der Waals surface area (Å²) in [5.74, 6) is 0.273. The van der Waals surface area contributed by atoms with E-state index in [0.29, 0.717) is 6.42 Å². The van der Waals surface area contributed by atoms with E-state index in [9.17, 15) is 4.79 Å². The van der Waals surface area contributed by atoms with Crippen molar-refractivity contribution < 1.29 is 4.79 Å². The fraction of sp³-hybridized carbons (Fsp3) is 0.700. The second kappa shape index (κ2) is 4.29. The van der Waals surface area contributed by atoms with Crippen LogP contribution in [0, 0.1) is 0 Å². The van der Waals surface area contributed by atoms with E-state index in [1.165, 1.54) is 12.8 Å². The first-order valence-corrected chi connectivity index (χ1v) is 4.70. The molecular formula is C10H17NO. The average Bonchev–Trinajstić information content (AvgIpc) is 1.96. The summed E-state index contributed by atoms with van der Waals surface area (Å²) in [4.78, 5) is 11.5. The van der Waals surface area contributed by atoms with Crippen LogP contribution in [-0.2, 0) is 4.79 Å². The first kappa shape index (κ1) is 9.30. The number of hydrogen-bond acceptors (Lipinski definition) is 2. The Kier molecular flexibility index (Phi) is 3.32. The first-order valence-electron chi connectivity index (χ1n) is 4.70. The molecular weight excluding hydrogens is 150 g/mol. The van der Waals surface area contributed by atoms with Crippen LogP contribution in [0.25, 0.3) is 0 Å². The number of ketones is 1. The second-order valence-corrected chi connectivity index (χ2v) is 3.50. The van der Waals surface area contributed by atoms with E-state index in [0.717, 1.165) is 30.5 Å². The Morgan fingerprint density at radius 3 is 2.33 bits per heavy atom. The largest absolute Gasteiger partial charge is 0.402 e. The number of carbonyl (C=O) groups excluding carboxylic acids is 1. The van der Waals surface area contributed by atoms with Crippen molar-refractivity contribution in [2.45, 2.75) is 45.4 Å². The van der Waals surface area contributed by atoms with Gasteiger partial charge in [0, 0.05) is 17.7 Å². The van der Waals surface area contributed by atoms with Crippen molar-refractivity contribution in [1.82, 2.24) is 0 Å². The van der Waals surface area contributed by atoms with Gasteiger partial charge in [-0.3, -0.25) is 4.79 Å². The summed E-state index contributed by atoms with van der Waals surface area (Å²) < 4.78 is 0. The Morgan fingerprint density at radius 1 is 1.17 bits per heavy atom. The van der Waals surface area contributed by atoms with Gasteiger partial charge in [-0.25, -0.2) is 0 Å². The van der Waals surface area contributed by atoms with E-state index >= 15 is 0 Å². The maximum Gasteiger partial charge on any atom is 0.160 e.